The van der Waals surface area contributed by atoms with Crippen LogP contribution in [-0.4, -0.2) is 35.6 Å². The molecule has 7 nitrogen and oxygen atoms in total. The Kier molecular flexibility index (Phi) is 7.02. The van der Waals surface area contributed by atoms with E-state index in [-0.39, 0.29) is 12.5 Å². The van der Waals surface area contributed by atoms with Crippen molar-refractivity contribution in [1.82, 2.24) is 10.6 Å². The van der Waals surface area contributed by atoms with Gasteiger partial charge in [-0.3, -0.25) is 9.59 Å². The third kappa shape index (κ3) is 8.34. The van der Waals surface area contributed by atoms with Crippen molar-refractivity contribution in [2.75, 3.05) is 0 Å². The molecule has 0 unspecified atom stereocenters. The molecule has 0 aliphatic heterocycles. The van der Waals surface area contributed by atoms with Gasteiger partial charge in [-0.2, -0.15) is 0 Å². The summed E-state index contributed by atoms with van der Waals surface area (Å²) in [5.41, 5.74) is 4.40. The number of carbonyl (C=O) groups excluding carboxylic acids is 3. The summed E-state index contributed by atoms with van der Waals surface area (Å²) >= 11 is 0. The van der Waals surface area contributed by atoms with Gasteiger partial charge in [-0.1, -0.05) is 6.92 Å². The lowest BCUT2D eigenvalue weighted by Gasteiger charge is -2.23. The molecule has 0 aromatic heterocycles. The molecule has 2 atom stereocenters. The number of hydrogen-bond donors (Lipinski definition) is 3. The van der Waals surface area contributed by atoms with Gasteiger partial charge in [-0.05, 0) is 34.1 Å². The van der Waals surface area contributed by atoms with E-state index in [0.717, 1.165) is 6.42 Å². The van der Waals surface area contributed by atoms with Crippen molar-refractivity contribution in [2.45, 2.75) is 65.1 Å². The topological polar surface area (TPSA) is 111 Å². The smallest absolute Gasteiger partial charge is 0.408 e. The molecule has 0 aromatic carbocycles. The molecule has 4 N–H and O–H groups in total. The summed E-state index contributed by atoms with van der Waals surface area (Å²) in [5, 5.41) is 5.05. The predicted octanol–water partition coefficient (Wildman–Crippen LogP) is 0.670. The molecule has 3 amide bonds. The van der Waals surface area contributed by atoms with Crippen molar-refractivity contribution in [3.05, 3.63) is 0 Å². The first kappa shape index (κ1) is 18.2. The molecule has 0 saturated carbocycles. The zero-order valence-electron chi connectivity index (χ0n) is 12.8. The van der Waals surface area contributed by atoms with E-state index in [0.29, 0.717) is 0 Å². The van der Waals surface area contributed by atoms with Gasteiger partial charge in [0.25, 0.3) is 0 Å². The van der Waals surface area contributed by atoms with Gasteiger partial charge >= 0.3 is 6.09 Å². The minimum Gasteiger partial charge on any atom is -0.444 e. The number of carbonyl (C=O) groups is 3. The molecular weight excluding hydrogens is 262 g/mol. The second kappa shape index (κ2) is 7.72. The predicted molar refractivity (Wildman–Crippen MR) is 74.9 cm³/mol. The van der Waals surface area contributed by atoms with Crippen LogP contribution in [0.3, 0.4) is 0 Å². The molecule has 0 heterocycles. The minimum absolute atomic E-state index is 0.0571. The largest absolute Gasteiger partial charge is 0.444 e. The molecule has 0 saturated heterocycles. The Morgan fingerprint density at radius 2 is 1.75 bits per heavy atom. The number of nitrogens with two attached hydrogens (primary N) is 1. The zero-order valence-corrected chi connectivity index (χ0v) is 12.8. The molecule has 0 aliphatic rings. The van der Waals surface area contributed by atoms with Gasteiger partial charge in [0.2, 0.25) is 11.8 Å². The van der Waals surface area contributed by atoms with E-state index in [1.165, 1.54) is 0 Å². The Hall–Kier alpha value is -1.79. The maximum absolute atomic E-state index is 12.0. The van der Waals surface area contributed by atoms with E-state index in [2.05, 4.69) is 10.6 Å². The minimum atomic E-state index is -1.03. The summed E-state index contributed by atoms with van der Waals surface area (Å²) in [5.74, 6) is -1.13. The van der Waals surface area contributed by atoms with Crippen LogP contribution >= 0.6 is 0 Å². The summed E-state index contributed by atoms with van der Waals surface area (Å²) < 4.78 is 5.05. The van der Waals surface area contributed by atoms with E-state index in [9.17, 15) is 14.4 Å². The van der Waals surface area contributed by atoms with Crippen LogP contribution in [0.1, 0.15) is 47.5 Å². The van der Waals surface area contributed by atoms with E-state index in [1.807, 2.05) is 13.8 Å². The summed E-state index contributed by atoms with van der Waals surface area (Å²) in [4.78, 5) is 34.6. The van der Waals surface area contributed by atoms with Gasteiger partial charge in [-0.15, -0.1) is 0 Å². The SMILES string of the molecule is CC[C@H](C)NC(=O)[C@H](CC(N)=O)NC(=O)OC(C)(C)C. The average molecular weight is 287 g/mol. The maximum Gasteiger partial charge on any atom is 0.408 e. The van der Waals surface area contributed by atoms with Gasteiger partial charge in [0.1, 0.15) is 11.6 Å². The Bertz CT molecular complexity index is 363. The van der Waals surface area contributed by atoms with Crippen molar-refractivity contribution >= 4 is 17.9 Å². The molecule has 0 fully saturated rings. The van der Waals surface area contributed by atoms with Crippen LogP contribution in [0.15, 0.2) is 0 Å². The second-order valence-electron chi connectivity index (χ2n) is 5.69. The third-order valence-electron chi connectivity index (χ3n) is 2.41. The molecule has 0 spiro atoms. The van der Waals surface area contributed by atoms with E-state index < -0.39 is 29.6 Å². The molecule has 20 heavy (non-hydrogen) atoms. The van der Waals surface area contributed by atoms with E-state index in [1.54, 1.807) is 20.8 Å². The van der Waals surface area contributed by atoms with Gasteiger partial charge < -0.3 is 21.1 Å². The number of nitrogens with one attached hydrogen (secondary N) is 2. The van der Waals surface area contributed by atoms with E-state index in [4.69, 9.17) is 10.5 Å². The standard InChI is InChI=1S/C13H25N3O4/c1-6-8(2)15-11(18)9(7-10(14)17)16-12(19)20-13(3,4)5/h8-9H,6-7H2,1-5H3,(H2,14,17)(H,15,18)(H,16,19)/t8-,9-/m0/s1. The maximum atomic E-state index is 12.0. The van der Waals surface area contributed by atoms with Crippen LogP contribution in [0.5, 0.6) is 0 Å². The summed E-state index contributed by atoms with van der Waals surface area (Å²) in [6, 6.07) is -1.09. The summed E-state index contributed by atoms with van der Waals surface area (Å²) in [6.45, 7) is 8.85. The lowest BCUT2D eigenvalue weighted by atomic mass is 10.1. The number of rotatable bonds is 6. The molecule has 0 rings (SSSR count). The summed E-state index contributed by atoms with van der Waals surface area (Å²) in [6.07, 6.45) is -0.300. The van der Waals surface area contributed by atoms with Crippen LogP contribution < -0.4 is 16.4 Å². The lowest BCUT2D eigenvalue weighted by molar-refractivity contribution is -0.127. The number of amides is 3. The Labute approximate surface area is 119 Å². The molecular formula is C13H25N3O4. The fraction of sp³-hybridized carbons (Fsp3) is 0.769. The molecule has 7 heteroatoms. The third-order valence-corrected chi connectivity index (χ3v) is 2.41. The first-order chi connectivity index (χ1) is 9.05. The van der Waals surface area contributed by atoms with Crippen LogP contribution in [0.4, 0.5) is 4.79 Å². The quantitative estimate of drug-likeness (QED) is 0.666. The van der Waals surface area contributed by atoms with Crippen LogP contribution in [0.2, 0.25) is 0 Å². The first-order valence-corrected chi connectivity index (χ1v) is 6.63. The highest BCUT2D eigenvalue weighted by Crippen LogP contribution is 2.07. The average Bonchev–Trinajstić information content (AvgIpc) is 2.24. The van der Waals surface area contributed by atoms with Crippen LogP contribution in [0, 0.1) is 0 Å². The van der Waals surface area contributed by atoms with Crippen LogP contribution in [-0.2, 0) is 14.3 Å². The number of ether oxygens (including phenoxy) is 1. The van der Waals surface area contributed by atoms with Gasteiger partial charge in [0, 0.05) is 6.04 Å². The van der Waals surface area contributed by atoms with Gasteiger partial charge in [0.15, 0.2) is 0 Å². The summed E-state index contributed by atoms with van der Waals surface area (Å²) in [7, 11) is 0. The molecule has 0 aromatic rings. The molecule has 0 radical (unpaired) electrons. The van der Waals surface area contributed by atoms with Gasteiger partial charge in [0.05, 0.1) is 6.42 Å². The Morgan fingerprint density at radius 1 is 1.20 bits per heavy atom. The first-order valence-electron chi connectivity index (χ1n) is 6.63. The van der Waals surface area contributed by atoms with Crippen LogP contribution in [0.25, 0.3) is 0 Å². The number of primary amides is 1. The molecule has 0 aliphatic carbocycles. The Morgan fingerprint density at radius 3 is 2.15 bits per heavy atom. The number of hydrogen-bond acceptors (Lipinski definition) is 4. The van der Waals surface area contributed by atoms with Crippen molar-refractivity contribution in [1.29, 1.82) is 0 Å². The highest BCUT2D eigenvalue weighted by molar-refractivity contribution is 5.90. The monoisotopic (exact) mass is 287 g/mol. The van der Waals surface area contributed by atoms with Crippen molar-refractivity contribution in [3.63, 3.8) is 0 Å². The van der Waals surface area contributed by atoms with Crippen molar-refractivity contribution < 1.29 is 19.1 Å². The zero-order chi connectivity index (χ0) is 15.9. The fourth-order valence-electron chi connectivity index (χ4n) is 1.31. The van der Waals surface area contributed by atoms with Crippen molar-refractivity contribution in [2.24, 2.45) is 5.73 Å². The normalized spacial score (nSPS) is 14.1. The highest BCUT2D eigenvalue weighted by atomic mass is 16.6. The Balaban J connectivity index is 4.68. The lowest BCUT2D eigenvalue weighted by Crippen LogP contribution is -2.51. The molecule has 116 valence electrons. The number of alkyl carbamates (subject to hydrolysis) is 1. The van der Waals surface area contributed by atoms with E-state index >= 15 is 0 Å². The second-order valence-corrected chi connectivity index (χ2v) is 5.69. The van der Waals surface area contributed by atoms with Crippen molar-refractivity contribution in [3.8, 4) is 0 Å². The highest BCUT2D eigenvalue weighted by Gasteiger charge is 2.26. The molecule has 0 bridgehead atoms. The van der Waals surface area contributed by atoms with Gasteiger partial charge in [-0.25, -0.2) is 4.79 Å². The fourth-order valence-corrected chi connectivity index (χ4v) is 1.31.